The molecule has 0 aliphatic heterocycles. The highest BCUT2D eigenvalue weighted by Gasteiger charge is 2.20. The minimum absolute atomic E-state index is 0.492. The van der Waals surface area contributed by atoms with Crippen LogP contribution in [0.2, 0.25) is 0 Å². The number of imidazole rings is 1. The lowest BCUT2D eigenvalue weighted by Crippen LogP contribution is -2.11. The van der Waals surface area contributed by atoms with Crippen molar-refractivity contribution in [3.63, 3.8) is 0 Å². The number of hydrogen-bond acceptors (Lipinski definition) is 3. The van der Waals surface area contributed by atoms with Gasteiger partial charge in [-0.05, 0) is 18.6 Å². The van der Waals surface area contributed by atoms with Crippen molar-refractivity contribution in [3.8, 4) is 11.3 Å². The molecule has 0 saturated heterocycles. The first-order valence-electron chi connectivity index (χ1n) is 5.40. The largest absolute Gasteiger partial charge is 0.481 e. The Bertz CT molecular complexity index is 507. The predicted octanol–water partition coefficient (Wildman–Crippen LogP) is 2.05. The third-order valence-corrected chi connectivity index (χ3v) is 2.62. The van der Waals surface area contributed by atoms with Crippen LogP contribution in [0.4, 0.5) is 0 Å². The maximum absolute atomic E-state index is 11.0. The smallest absolute Gasteiger partial charge is 0.314 e. The van der Waals surface area contributed by atoms with Crippen molar-refractivity contribution in [1.82, 2.24) is 15.0 Å². The Balaban J connectivity index is 2.30. The van der Waals surface area contributed by atoms with Gasteiger partial charge >= 0.3 is 5.97 Å². The Morgan fingerprint density at radius 3 is 2.76 bits per heavy atom. The van der Waals surface area contributed by atoms with Gasteiger partial charge < -0.3 is 10.1 Å². The molecule has 0 aliphatic carbocycles. The van der Waals surface area contributed by atoms with Crippen molar-refractivity contribution >= 4 is 5.97 Å². The number of nitrogens with one attached hydrogen (secondary N) is 1. The first-order valence-corrected chi connectivity index (χ1v) is 5.40. The van der Waals surface area contributed by atoms with E-state index in [9.17, 15) is 4.79 Å². The van der Waals surface area contributed by atoms with Gasteiger partial charge in [0.2, 0.25) is 0 Å². The summed E-state index contributed by atoms with van der Waals surface area (Å²) < 4.78 is 0. The summed E-state index contributed by atoms with van der Waals surface area (Å²) in [7, 11) is 0. The van der Waals surface area contributed by atoms with Gasteiger partial charge in [-0.3, -0.25) is 9.78 Å². The van der Waals surface area contributed by atoms with Crippen LogP contribution in [-0.2, 0) is 4.79 Å². The molecule has 88 valence electrons. The Morgan fingerprint density at radius 2 is 2.18 bits per heavy atom. The van der Waals surface area contributed by atoms with Crippen molar-refractivity contribution in [1.29, 1.82) is 0 Å². The molecular formula is C12H13N3O2. The van der Waals surface area contributed by atoms with E-state index in [1.54, 1.807) is 18.6 Å². The van der Waals surface area contributed by atoms with Crippen molar-refractivity contribution in [2.75, 3.05) is 0 Å². The highest BCUT2D eigenvalue weighted by atomic mass is 16.4. The van der Waals surface area contributed by atoms with Gasteiger partial charge in [-0.1, -0.05) is 6.92 Å². The van der Waals surface area contributed by atoms with Crippen molar-refractivity contribution in [2.45, 2.75) is 19.3 Å². The van der Waals surface area contributed by atoms with Gasteiger partial charge in [-0.15, -0.1) is 0 Å². The average Bonchev–Trinajstić information content (AvgIpc) is 2.80. The van der Waals surface area contributed by atoms with Crippen LogP contribution < -0.4 is 0 Å². The fraction of sp³-hybridized carbons (Fsp3) is 0.250. The van der Waals surface area contributed by atoms with E-state index < -0.39 is 11.9 Å². The highest BCUT2D eigenvalue weighted by Crippen LogP contribution is 2.21. The van der Waals surface area contributed by atoms with Crippen molar-refractivity contribution < 1.29 is 9.90 Å². The molecule has 0 fully saturated rings. The van der Waals surface area contributed by atoms with Crippen LogP contribution in [0.15, 0.2) is 30.7 Å². The Hall–Kier alpha value is -2.17. The molecule has 0 spiro atoms. The minimum atomic E-state index is -0.858. The molecule has 1 atom stereocenters. The second-order valence-corrected chi connectivity index (χ2v) is 3.72. The molecule has 2 aromatic heterocycles. The summed E-state index contributed by atoms with van der Waals surface area (Å²) in [6.07, 6.45) is 5.53. The molecule has 2 aromatic rings. The van der Waals surface area contributed by atoms with E-state index in [0.717, 1.165) is 11.3 Å². The van der Waals surface area contributed by atoms with Crippen molar-refractivity contribution in [2.24, 2.45) is 0 Å². The number of carboxylic acids is 1. The molecule has 0 saturated carbocycles. The van der Waals surface area contributed by atoms with E-state index in [-0.39, 0.29) is 0 Å². The first kappa shape index (κ1) is 11.3. The number of aromatic amines is 1. The summed E-state index contributed by atoms with van der Waals surface area (Å²) in [6, 6.07) is 3.69. The molecule has 1 unspecified atom stereocenters. The summed E-state index contributed by atoms with van der Waals surface area (Å²) in [5.41, 5.74) is 1.75. The minimum Gasteiger partial charge on any atom is -0.481 e. The van der Waals surface area contributed by atoms with Gasteiger partial charge in [0, 0.05) is 18.0 Å². The zero-order chi connectivity index (χ0) is 12.3. The number of nitrogens with zero attached hydrogens (tertiary/aromatic N) is 2. The number of hydrogen-bond donors (Lipinski definition) is 2. The number of aromatic nitrogens is 3. The predicted molar refractivity (Wildman–Crippen MR) is 62.5 cm³/mol. The van der Waals surface area contributed by atoms with Gasteiger partial charge in [0.1, 0.15) is 11.7 Å². The molecular weight excluding hydrogens is 218 g/mol. The van der Waals surface area contributed by atoms with Crippen LogP contribution in [0.1, 0.15) is 25.1 Å². The summed E-state index contributed by atoms with van der Waals surface area (Å²) >= 11 is 0. The summed E-state index contributed by atoms with van der Waals surface area (Å²) in [5, 5.41) is 9.04. The molecule has 2 heterocycles. The average molecular weight is 231 g/mol. The van der Waals surface area contributed by atoms with Crippen LogP contribution in [0.25, 0.3) is 11.3 Å². The lowest BCUT2D eigenvalue weighted by molar-refractivity contribution is -0.139. The van der Waals surface area contributed by atoms with E-state index in [4.69, 9.17) is 5.11 Å². The molecule has 0 radical (unpaired) electrons. The van der Waals surface area contributed by atoms with Crippen molar-refractivity contribution in [3.05, 3.63) is 36.5 Å². The molecule has 17 heavy (non-hydrogen) atoms. The lowest BCUT2D eigenvalue weighted by Gasteiger charge is -2.05. The number of rotatable bonds is 4. The topological polar surface area (TPSA) is 78.9 Å². The molecule has 0 aliphatic rings. The zero-order valence-corrected chi connectivity index (χ0v) is 9.42. The molecule has 5 heteroatoms. The summed E-state index contributed by atoms with van der Waals surface area (Å²) in [4.78, 5) is 22.1. The Morgan fingerprint density at radius 1 is 1.47 bits per heavy atom. The highest BCUT2D eigenvalue weighted by molar-refractivity contribution is 5.75. The van der Waals surface area contributed by atoms with Gasteiger partial charge in [-0.2, -0.15) is 0 Å². The Labute approximate surface area is 98.6 Å². The number of aliphatic carboxylic acids is 1. The van der Waals surface area contributed by atoms with Crippen LogP contribution >= 0.6 is 0 Å². The van der Waals surface area contributed by atoms with Gasteiger partial charge in [0.25, 0.3) is 0 Å². The quantitative estimate of drug-likeness (QED) is 0.844. The lowest BCUT2D eigenvalue weighted by atomic mass is 10.1. The standard InChI is InChI=1S/C12H13N3O2/c1-2-9(12(16)17)11-14-7-10(15-11)8-3-5-13-6-4-8/h3-7,9H,2H2,1H3,(H,14,15)(H,16,17). The molecule has 2 N–H and O–H groups in total. The molecule has 0 amide bonds. The number of carbonyl (C=O) groups is 1. The Kier molecular flexibility index (Phi) is 3.18. The van der Waals surface area contributed by atoms with Crippen LogP contribution in [0.5, 0.6) is 0 Å². The summed E-state index contributed by atoms with van der Waals surface area (Å²) in [6.45, 7) is 1.83. The second kappa shape index (κ2) is 4.78. The maximum atomic E-state index is 11.0. The van der Waals surface area contributed by atoms with Gasteiger partial charge in [-0.25, -0.2) is 4.98 Å². The monoisotopic (exact) mass is 231 g/mol. The van der Waals surface area contributed by atoms with Gasteiger partial charge in [0.15, 0.2) is 0 Å². The third kappa shape index (κ3) is 2.33. The first-order chi connectivity index (χ1) is 8.22. The molecule has 2 rings (SSSR count). The molecule has 0 aromatic carbocycles. The van der Waals surface area contributed by atoms with E-state index in [1.807, 2.05) is 19.1 Å². The molecule has 5 nitrogen and oxygen atoms in total. The van der Waals surface area contributed by atoms with E-state index in [2.05, 4.69) is 15.0 Å². The maximum Gasteiger partial charge on any atom is 0.314 e. The van der Waals surface area contributed by atoms with Gasteiger partial charge in [0.05, 0.1) is 11.9 Å². The zero-order valence-electron chi connectivity index (χ0n) is 9.42. The van der Waals surface area contributed by atoms with Crippen LogP contribution in [0, 0.1) is 0 Å². The third-order valence-electron chi connectivity index (χ3n) is 2.62. The fourth-order valence-electron chi connectivity index (χ4n) is 1.68. The summed E-state index contributed by atoms with van der Waals surface area (Å²) in [5.74, 6) is -0.944. The van der Waals surface area contributed by atoms with E-state index in [1.165, 1.54) is 0 Å². The number of pyridine rings is 1. The molecule has 0 bridgehead atoms. The van der Waals surface area contributed by atoms with E-state index >= 15 is 0 Å². The normalized spacial score (nSPS) is 12.3. The second-order valence-electron chi connectivity index (χ2n) is 3.72. The SMILES string of the molecule is CCC(C(=O)O)c1ncc(-c2ccncc2)[nH]1. The fourth-order valence-corrected chi connectivity index (χ4v) is 1.68. The van der Waals surface area contributed by atoms with Crippen LogP contribution in [0.3, 0.4) is 0 Å². The number of H-pyrrole nitrogens is 1. The van der Waals surface area contributed by atoms with Crippen LogP contribution in [-0.4, -0.2) is 26.0 Å². The van der Waals surface area contributed by atoms with E-state index in [0.29, 0.717) is 12.2 Å². The number of carboxylic acid groups (broad SMARTS) is 1.